The molecule has 0 fully saturated rings. The van der Waals surface area contributed by atoms with Gasteiger partial charge < -0.3 is 44.3 Å². The van der Waals surface area contributed by atoms with E-state index in [1.54, 1.807) is 97.1 Å². The van der Waals surface area contributed by atoms with Crippen molar-refractivity contribution in [1.82, 2.24) is 0 Å². The Morgan fingerprint density at radius 1 is 0.264 bits per heavy atom. The maximum Gasteiger partial charge on any atom is 2.00 e. The Bertz CT molecular complexity index is 3780. The van der Waals surface area contributed by atoms with Gasteiger partial charge in [0.2, 0.25) is 0 Å². The van der Waals surface area contributed by atoms with Crippen LogP contribution in [0.25, 0.3) is 0 Å². The molecule has 0 aliphatic carbocycles. The smallest absolute Gasteiger partial charge is 0.396 e. The van der Waals surface area contributed by atoms with Crippen LogP contribution in [0, 0.1) is 21.7 Å². The molecule has 0 saturated heterocycles. The van der Waals surface area contributed by atoms with E-state index in [0.29, 0.717) is 22.3 Å². The summed E-state index contributed by atoms with van der Waals surface area (Å²) in [5.74, 6) is 0. The van der Waals surface area contributed by atoms with E-state index < -0.39 is 177 Å². The molecule has 45 heteroatoms. The van der Waals surface area contributed by atoms with Crippen molar-refractivity contribution in [2.45, 2.75) is 54.1 Å². The molecule has 0 bridgehead atoms. The van der Waals surface area contributed by atoms with Crippen molar-refractivity contribution in [3.05, 3.63) is 241 Å². The fourth-order valence-electron chi connectivity index (χ4n) is 7.38. The third kappa shape index (κ3) is 49.7. The van der Waals surface area contributed by atoms with Crippen molar-refractivity contribution in [3.8, 4) is 0 Å². The van der Waals surface area contributed by atoms with Gasteiger partial charge in [-0.15, -0.1) is 22.3 Å². The second-order valence-corrected chi connectivity index (χ2v) is 36.2. The van der Waals surface area contributed by atoms with Gasteiger partial charge in [-0.2, -0.15) is 121 Å². The quantitative estimate of drug-likeness (QED) is 0.00971. The second-order valence-electron chi connectivity index (χ2n) is 24.5. The molecule has 9 N–H and O–H groups in total. The average molecular weight is 1870 g/mol. The van der Waals surface area contributed by atoms with Crippen LogP contribution < -0.4 is 0 Å². The van der Waals surface area contributed by atoms with E-state index in [-0.39, 0.29) is 81.5 Å². The van der Waals surface area contributed by atoms with Crippen molar-refractivity contribution in [1.29, 1.82) is 0 Å². The summed E-state index contributed by atoms with van der Waals surface area (Å²) in [4.78, 5) is 84.3. The molecule has 622 valence electrons. The molecule has 8 rings (SSSR count). The van der Waals surface area contributed by atoms with Crippen LogP contribution in [0.2, 0.25) is 0 Å². The third-order valence-electron chi connectivity index (χ3n) is 13.7. The summed E-state index contributed by atoms with van der Waals surface area (Å²) >= 11 is 0. The van der Waals surface area contributed by atoms with Gasteiger partial charge in [0.1, 0.15) is 0 Å². The first-order chi connectivity index (χ1) is 49.7. The van der Waals surface area contributed by atoms with Crippen molar-refractivity contribution in [3.63, 3.8) is 0 Å². The van der Waals surface area contributed by atoms with Gasteiger partial charge >= 0.3 is 131 Å². The first kappa shape index (κ1) is 108. The Morgan fingerprint density at radius 3 is 0.564 bits per heavy atom. The summed E-state index contributed by atoms with van der Waals surface area (Å²) in [5.41, 5.74) is -5.73. The van der Waals surface area contributed by atoms with E-state index in [1.807, 2.05) is 121 Å². The number of aliphatic hydroxyl groups excluding tert-OH is 1. The summed E-state index contributed by atoms with van der Waals surface area (Å²) in [6.07, 6.45) is 0. The number of hydrogen-bond acceptors (Lipinski definition) is 25. The van der Waals surface area contributed by atoms with E-state index in [4.69, 9.17) is 67.9 Å². The SMILES string of the molecule is COP(=O)(O)OCC(C)(COP(=O)(O)OCc1ccc[cH-]1)COP(=O)(O)OCC(C)(COP(=O)(O)OCc1ccc[cH-]1)COP(=O)(O)OCC(C)(COP(=O)(O)OCc1ccc[cH-]1)COP(=O)(O)OCC(C)(CO)COP(=O)(O)OCc1ccc[cH-]1.[Fe+2].[Fe+2].[Fe+2].[Fe+2].c1cc[cH-]c1.c1cc[cH-]c1.c1cc[cH-]c1.c1cc[cH-]c1. The number of phosphoric acid groups is 8. The fraction of sp³-hybridized carbons (Fsp3) is 0.385. The minimum atomic E-state index is -5.52. The van der Waals surface area contributed by atoms with Crippen LogP contribution in [-0.2, 0) is 204 Å². The van der Waals surface area contributed by atoms with Crippen LogP contribution in [0.5, 0.6) is 0 Å². The van der Waals surface area contributed by atoms with E-state index in [2.05, 4.69) is 4.52 Å². The van der Waals surface area contributed by atoms with Crippen LogP contribution in [0.3, 0.4) is 0 Å². The first-order valence-electron chi connectivity index (χ1n) is 31.7. The Labute approximate surface area is 682 Å². The molecular weight excluding hydrogens is 1780 g/mol. The molecule has 0 heterocycles. The average Bonchev–Trinajstić information content (AvgIpc) is 0.976. The molecular formula is C65H92Fe4O33P8. The normalized spacial score (nSPS) is 17.8. The van der Waals surface area contributed by atoms with Gasteiger partial charge in [-0.1, -0.05) is 27.7 Å². The van der Waals surface area contributed by atoms with Gasteiger partial charge in [-0.3, -0.25) is 72.4 Å². The predicted octanol–water partition coefficient (Wildman–Crippen LogP) is 14.0. The van der Waals surface area contributed by atoms with Gasteiger partial charge in [0.25, 0.3) is 0 Å². The standard InChI is InChI=1S/C45H72O33P8.4C5H5.4Fe/c1-42(26-46,27-69-80(49,50)64-22-38-14-6-7-15-38)28-70-84(57,58)74-34-44(3,31-72-82(53,54)66-24-40-18-10-11-19-40)35-77-86(61,62)78-37-45(4,32-73-83(55,56)67-25-41-20-12-13-21-41)36-76-85(59,60)75-33-43(2,29-68-79(47,48)63-5)30-71-81(51,52)65-23-39-16-8-9-17-39;4*1-2-4-5-3-1;;;;/h6-21,46H,22-37H2,1-5H3,(H,47,48)(H,49,50)(H,51,52)(H,53,54)(H,55,56)(H,57,58)(H,59,60)(H,61,62);4*1-5H;;;;/q-4;4*-1;4*+2. The predicted molar refractivity (Wildman–Crippen MR) is 386 cm³/mol. The van der Waals surface area contributed by atoms with Crippen molar-refractivity contribution >= 4 is 62.6 Å². The largest absolute Gasteiger partial charge is 2.00 e. The molecule has 0 aliphatic heterocycles. The molecule has 33 nitrogen and oxygen atoms in total. The fourth-order valence-corrected chi connectivity index (χ4v) is 14.5. The van der Waals surface area contributed by atoms with Crippen LogP contribution in [0.1, 0.15) is 49.9 Å². The van der Waals surface area contributed by atoms with Gasteiger partial charge in [-0.25, -0.2) is 134 Å². The number of rotatable bonds is 47. The van der Waals surface area contributed by atoms with E-state index in [0.717, 1.165) is 27.9 Å². The molecule has 0 spiro atoms. The molecule has 0 aliphatic rings. The number of phosphoric ester groups is 8. The summed E-state index contributed by atoms with van der Waals surface area (Å²) in [6.45, 7) is -8.88. The molecule has 8 aromatic carbocycles. The van der Waals surface area contributed by atoms with Crippen molar-refractivity contribution in [2.75, 3.05) is 86.4 Å². The summed E-state index contributed by atoms with van der Waals surface area (Å²) in [6, 6.07) is 65.6. The summed E-state index contributed by atoms with van der Waals surface area (Å²) in [5, 5.41) is 10.1. The minimum Gasteiger partial charge on any atom is -0.396 e. The van der Waals surface area contributed by atoms with Crippen molar-refractivity contribution < 1.29 is 221 Å². The molecule has 8 aromatic rings. The molecule has 0 amide bonds. The topological polar surface area (TPSA) is 466 Å². The Balaban J connectivity index is 0.00000425. The van der Waals surface area contributed by atoms with Crippen LogP contribution in [0.15, 0.2) is 218 Å². The van der Waals surface area contributed by atoms with Gasteiger partial charge in [0.05, 0.1) is 106 Å². The van der Waals surface area contributed by atoms with Crippen LogP contribution in [-0.4, -0.2) is 131 Å². The third-order valence-corrected chi connectivity index (χ3v) is 21.0. The van der Waals surface area contributed by atoms with Crippen LogP contribution in [0.4, 0.5) is 0 Å². The molecule has 12 unspecified atom stereocenters. The van der Waals surface area contributed by atoms with E-state index in [9.17, 15) is 80.8 Å². The Hall–Kier alpha value is -2.28. The number of aliphatic hydroxyl groups is 1. The van der Waals surface area contributed by atoms with Gasteiger partial charge in [0.15, 0.2) is 0 Å². The molecule has 0 radical (unpaired) electrons. The van der Waals surface area contributed by atoms with Gasteiger partial charge in [0, 0.05) is 28.8 Å². The van der Waals surface area contributed by atoms with Crippen molar-refractivity contribution in [2.24, 2.45) is 21.7 Å². The molecule has 0 aromatic heterocycles. The second kappa shape index (κ2) is 53.2. The Kier molecular flexibility index (Phi) is 52.1. The zero-order chi connectivity index (χ0) is 78.4. The first-order valence-corrected chi connectivity index (χ1v) is 43.6. The molecule has 0 saturated carbocycles. The van der Waals surface area contributed by atoms with Gasteiger partial charge in [-0.05, 0) is 0 Å². The zero-order valence-electron chi connectivity index (χ0n) is 59.9. The molecule has 110 heavy (non-hydrogen) atoms. The van der Waals surface area contributed by atoms with E-state index >= 15 is 0 Å². The Morgan fingerprint density at radius 2 is 0.427 bits per heavy atom. The summed E-state index contributed by atoms with van der Waals surface area (Å²) < 4.78 is 185. The zero-order valence-corrected chi connectivity index (χ0v) is 71.5. The van der Waals surface area contributed by atoms with E-state index in [1.165, 1.54) is 6.92 Å². The maximum absolute atomic E-state index is 13.7. The monoisotopic (exact) mass is 1870 g/mol. The van der Waals surface area contributed by atoms with Crippen LogP contribution >= 0.6 is 62.6 Å². The maximum atomic E-state index is 13.7. The number of hydrogen-bond donors (Lipinski definition) is 9. The summed E-state index contributed by atoms with van der Waals surface area (Å²) in [7, 11) is -39.9. The molecule has 12 atom stereocenters. The minimum absolute atomic E-state index is 0.